The Labute approximate surface area is 236 Å². The minimum atomic E-state index is -0.852. The highest BCUT2D eigenvalue weighted by Crippen LogP contribution is 2.44. The number of nitrogens with two attached hydrogens (primary N) is 1. The third-order valence-electron chi connectivity index (χ3n) is 7.15. The molecular formula is C30H21Cl2FN4O3. The van der Waals surface area contributed by atoms with Crippen molar-refractivity contribution in [2.45, 2.75) is 19.8 Å². The van der Waals surface area contributed by atoms with Crippen LogP contribution < -0.4 is 17.0 Å². The summed E-state index contributed by atoms with van der Waals surface area (Å²) in [6.45, 7) is 4.16. The molecule has 1 amide bonds. The Morgan fingerprint density at radius 3 is 2.42 bits per heavy atom. The van der Waals surface area contributed by atoms with Crippen molar-refractivity contribution in [3.63, 3.8) is 0 Å². The molecule has 0 radical (unpaired) electrons. The lowest BCUT2D eigenvalue weighted by Gasteiger charge is -2.15. The van der Waals surface area contributed by atoms with E-state index in [1.807, 2.05) is 18.2 Å². The Bertz CT molecular complexity index is 2160. The number of hydrogen-bond acceptors (Lipinski definition) is 3. The average Bonchev–Trinajstić information content (AvgIpc) is 3.28. The van der Waals surface area contributed by atoms with Gasteiger partial charge in [0.25, 0.3) is 11.5 Å². The van der Waals surface area contributed by atoms with Gasteiger partial charge in [-0.1, -0.05) is 67.4 Å². The molecule has 6 aromatic rings. The van der Waals surface area contributed by atoms with Crippen molar-refractivity contribution >= 4 is 61.8 Å². The van der Waals surface area contributed by atoms with Crippen molar-refractivity contribution in [3.8, 4) is 16.8 Å². The molecule has 6 rings (SSSR count). The van der Waals surface area contributed by atoms with Gasteiger partial charge < -0.3 is 15.7 Å². The molecule has 4 aromatic carbocycles. The maximum Gasteiger partial charge on any atom is 0.333 e. The van der Waals surface area contributed by atoms with E-state index in [-0.39, 0.29) is 38.1 Å². The number of fused-ring (bicyclic) bond motifs is 4. The summed E-state index contributed by atoms with van der Waals surface area (Å²) in [5, 5.41) is 1.67. The maximum absolute atomic E-state index is 14.3. The van der Waals surface area contributed by atoms with Crippen molar-refractivity contribution < 1.29 is 9.18 Å². The van der Waals surface area contributed by atoms with Crippen LogP contribution in [0.15, 0.2) is 70.3 Å². The molecule has 0 bridgehead atoms. The molecule has 0 aliphatic rings. The smallest absolute Gasteiger partial charge is 0.333 e. The summed E-state index contributed by atoms with van der Waals surface area (Å²) in [7, 11) is 0. The molecule has 2 aromatic heterocycles. The van der Waals surface area contributed by atoms with E-state index in [4.69, 9.17) is 28.9 Å². The molecule has 40 heavy (non-hydrogen) atoms. The molecule has 0 saturated carbocycles. The Kier molecular flexibility index (Phi) is 6.05. The largest absolute Gasteiger partial charge is 0.366 e. The Balaban J connectivity index is 1.69. The van der Waals surface area contributed by atoms with Gasteiger partial charge in [-0.05, 0) is 41.8 Å². The number of aromatic nitrogens is 3. The first-order valence-electron chi connectivity index (χ1n) is 12.4. The van der Waals surface area contributed by atoms with Crippen LogP contribution in [-0.4, -0.2) is 20.4 Å². The third kappa shape index (κ3) is 3.83. The molecule has 10 heteroatoms. The van der Waals surface area contributed by atoms with Gasteiger partial charge in [-0.25, -0.2) is 13.8 Å². The number of aromatic amines is 2. The van der Waals surface area contributed by atoms with Crippen LogP contribution in [0.4, 0.5) is 4.39 Å². The van der Waals surface area contributed by atoms with E-state index < -0.39 is 23.0 Å². The topological polar surface area (TPSA) is 114 Å². The predicted molar refractivity (Wildman–Crippen MR) is 158 cm³/mol. The molecule has 7 nitrogen and oxygen atoms in total. The van der Waals surface area contributed by atoms with Crippen molar-refractivity contribution in [2.75, 3.05) is 0 Å². The highest BCUT2D eigenvalue weighted by molar-refractivity contribution is 6.40. The zero-order chi connectivity index (χ0) is 28.5. The molecule has 0 unspecified atom stereocenters. The quantitative estimate of drug-likeness (QED) is 0.219. The lowest BCUT2D eigenvalue weighted by Crippen LogP contribution is -2.34. The van der Waals surface area contributed by atoms with Gasteiger partial charge in [0, 0.05) is 27.4 Å². The van der Waals surface area contributed by atoms with Gasteiger partial charge in [0.1, 0.15) is 5.82 Å². The van der Waals surface area contributed by atoms with E-state index >= 15 is 0 Å². The van der Waals surface area contributed by atoms with Crippen LogP contribution in [0.2, 0.25) is 10.0 Å². The number of rotatable bonds is 4. The van der Waals surface area contributed by atoms with Crippen molar-refractivity contribution in [3.05, 3.63) is 108 Å². The highest BCUT2D eigenvalue weighted by Gasteiger charge is 2.24. The van der Waals surface area contributed by atoms with E-state index in [1.54, 1.807) is 12.1 Å². The van der Waals surface area contributed by atoms with Crippen LogP contribution in [0.25, 0.3) is 49.5 Å². The number of para-hydroxylation sites is 1. The predicted octanol–water partition coefficient (Wildman–Crippen LogP) is 6.65. The van der Waals surface area contributed by atoms with E-state index in [9.17, 15) is 18.8 Å². The van der Waals surface area contributed by atoms with Crippen LogP contribution in [0.3, 0.4) is 0 Å². The fraction of sp³-hybridized carbons (Fsp3) is 0.100. The fourth-order valence-corrected chi connectivity index (χ4v) is 5.80. The summed E-state index contributed by atoms with van der Waals surface area (Å²) in [4.78, 5) is 44.5. The number of hydrogen-bond donors (Lipinski definition) is 3. The number of carbonyl (C=O) groups is 1. The SMILES string of the molecule is CC(C)c1ccc2c(c1)[nH]c1c(C(N)=O)cc(Cl)c(-c3cccc(-n4c(=O)[nH]c5c(F)cccc5c4=O)c3Cl)c12. The number of H-pyrrole nitrogens is 2. The third-order valence-corrected chi connectivity index (χ3v) is 7.85. The second kappa shape index (κ2) is 9.36. The molecule has 0 fully saturated rings. The van der Waals surface area contributed by atoms with Crippen molar-refractivity contribution in [1.82, 2.24) is 14.5 Å². The monoisotopic (exact) mass is 574 g/mol. The normalized spacial score (nSPS) is 11.8. The molecule has 200 valence electrons. The van der Waals surface area contributed by atoms with Crippen LogP contribution >= 0.6 is 23.2 Å². The first-order chi connectivity index (χ1) is 19.1. The molecule has 4 N–H and O–H groups in total. The Morgan fingerprint density at radius 2 is 1.70 bits per heavy atom. The first-order valence-corrected chi connectivity index (χ1v) is 13.1. The van der Waals surface area contributed by atoms with E-state index in [1.165, 1.54) is 24.3 Å². The number of nitrogens with one attached hydrogen (secondary N) is 2. The average molecular weight is 575 g/mol. The number of amides is 1. The highest BCUT2D eigenvalue weighted by atomic mass is 35.5. The number of primary amides is 1. The van der Waals surface area contributed by atoms with Gasteiger partial charge >= 0.3 is 5.69 Å². The zero-order valence-corrected chi connectivity index (χ0v) is 22.7. The number of carbonyl (C=O) groups excluding carboxylic acids is 1. The van der Waals surface area contributed by atoms with Crippen LogP contribution in [0.1, 0.15) is 35.7 Å². The zero-order valence-electron chi connectivity index (χ0n) is 21.2. The van der Waals surface area contributed by atoms with Crippen LogP contribution in [0, 0.1) is 5.82 Å². The van der Waals surface area contributed by atoms with Crippen LogP contribution in [0.5, 0.6) is 0 Å². The second-order valence-electron chi connectivity index (χ2n) is 9.85. The van der Waals surface area contributed by atoms with Gasteiger partial charge in [-0.15, -0.1) is 0 Å². The number of halogens is 3. The van der Waals surface area contributed by atoms with Gasteiger partial charge in [0.05, 0.1) is 37.7 Å². The van der Waals surface area contributed by atoms with Crippen molar-refractivity contribution in [2.24, 2.45) is 5.73 Å². The van der Waals surface area contributed by atoms with Crippen molar-refractivity contribution in [1.29, 1.82) is 0 Å². The van der Waals surface area contributed by atoms with Gasteiger partial charge in [-0.2, -0.15) is 0 Å². The molecule has 0 atom stereocenters. The summed E-state index contributed by atoms with van der Waals surface area (Å²) >= 11 is 13.7. The molecule has 0 spiro atoms. The summed E-state index contributed by atoms with van der Waals surface area (Å²) < 4.78 is 15.2. The minimum Gasteiger partial charge on any atom is -0.366 e. The summed E-state index contributed by atoms with van der Waals surface area (Å²) in [5.41, 5.74) is 7.51. The summed E-state index contributed by atoms with van der Waals surface area (Å²) in [5.74, 6) is -1.11. The van der Waals surface area contributed by atoms with E-state index in [0.717, 1.165) is 27.1 Å². The fourth-order valence-electron chi connectivity index (χ4n) is 5.19. The van der Waals surface area contributed by atoms with Gasteiger partial charge in [0.15, 0.2) is 0 Å². The van der Waals surface area contributed by atoms with Crippen LogP contribution in [-0.2, 0) is 0 Å². The molecule has 2 heterocycles. The Morgan fingerprint density at radius 1 is 0.950 bits per heavy atom. The number of benzene rings is 4. The summed E-state index contributed by atoms with van der Waals surface area (Å²) in [6, 6.07) is 16.2. The standard InChI is InChI=1S/C30H21Cl2FN4O3/c1-13(2)14-9-10-15-21(11-14)35-27-18(28(34)38)12-19(31)23(24(15)27)16-5-4-8-22(25(16)32)37-29(39)17-6-3-7-20(33)26(17)36-30(37)40/h3-13,35H,1-2H3,(H2,34,38)(H,36,40). The second-order valence-corrected chi connectivity index (χ2v) is 10.6. The van der Waals surface area contributed by atoms with Gasteiger partial charge in [-0.3, -0.25) is 9.59 Å². The van der Waals surface area contributed by atoms with E-state index in [0.29, 0.717) is 22.0 Å². The van der Waals surface area contributed by atoms with E-state index in [2.05, 4.69) is 23.8 Å². The lowest BCUT2D eigenvalue weighted by atomic mass is 9.95. The Hall–Kier alpha value is -4.40. The lowest BCUT2D eigenvalue weighted by molar-refractivity contribution is 0.100. The number of nitrogens with zero attached hydrogens (tertiary/aromatic N) is 1. The molecule has 0 aliphatic heterocycles. The maximum atomic E-state index is 14.3. The molecule has 0 saturated heterocycles. The molecular weight excluding hydrogens is 554 g/mol. The summed E-state index contributed by atoms with van der Waals surface area (Å²) in [6.07, 6.45) is 0. The first kappa shape index (κ1) is 25.9. The minimum absolute atomic E-state index is 0.00936. The molecule has 0 aliphatic carbocycles. The van der Waals surface area contributed by atoms with Gasteiger partial charge in [0.2, 0.25) is 0 Å².